The van der Waals surface area contributed by atoms with Crippen LogP contribution in [0.3, 0.4) is 0 Å². The smallest absolute Gasteiger partial charge is 0.167 e. The third kappa shape index (κ3) is 2.25. The van der Waals surface area contributed by atoms with E-state index in [-0.39, 0.29) is 12.4 Å². The fraction of sp³-hybridized carbons (Fsp3) is 0.154. The lowest BCUT2D eigenvalue weighted by atomic mass is 10.1. The minimum Gasteiger partial charge on any atom is -0.485 e. The van der Waals surface area contributed by atoms with Crippen LogP contribution in [0.25, 0.3) is 10.8 Å². The lowest BCUT2D eigenvalue weighted by Crippen LogP contribution is -2.06. The lowest BCUT2D eigenvalue weighted by molar-refractivity contribution is -0.118. The second kappa shape index (κ2) is 4.66. The first-order valence-electron chi connectivity index (χ1n) is 4.98. The van der Waals surface area contributed by atoms with E-state index in [1.807, 2.05) is 36.4 Å². The van der Waals surface area contributed by atoms with Crippen molar-refractivity contribution in [2.75, 3.05) is 6.61 Å². The molecule has 0 aliphatic carbocycles. The fourth-order valence-electron chi connectivity index (χ4n) is 1.50. The molecule has 0 aliphatic rings. The van der Waals surface area contributed by atoms with Crippen LogP contribution in [0.5, 0.6) is 5.75 Å². The maximum absolute atomic E-state index is 10.9. The summed E-state index contributed by atoms with van der Waals surface area (Å²) in [5.74, 6) is 0.717. The third-order valence-corrected chi connectivity index (χ3v) is 3.08. The molecule has 2 aromatic rings. The zero-order valence-corrected chi connectivity index (χ0v) is 10.5. The van der Waals surface area contributed by atoms with E-state index >= 15 is 0 Å². The van der Waals surface area contributed by atoms with E-state index in [2.05, 4.69) is 15.9 Å². The summed E-state index contributed by atoms with van der Waals surface area (Å²) in [5.41, 5.74) is 0. The lowest BCUT2D eigenvalue weighted by Gasteiger charge is -2.08. The molecule has 16 heavy (non-hydrogen) atoms. The molecule has 2 nitrogen and oxygen atoms in total. The van der Waals surface area contributed by atoms with Crippen molar-refractivity contribution < 1.29 is 9.53 Å². The van der Waals surface area contributed by atoms with Crippen molar-refractivity contribution in [3.8, 4) is 5.75 Å². The van der Waals surface area contributed by atoms with Crippen LogP contribution in [0.4, 0.5) is 0 Å². The van der Waals surface area contributed by atoms with Gasteiger partial charge in [-0.15, -0.1) is 0 Å². The molecule has 0 saturated heterocycles. The van der Waals surface area contributed by atoms with Crippen molar-refractivity contribution in [3.05, 3.63) is 40.9 Å². The zero-order valence-electron chi connectivity index (χ0n) is 8.87. The van der Waals surface area contributed by atoms with E-state index in [4.69, 9.17) is 4.74 Å². The summed E-state index contributed by atoms with van der Waals surface area (Å²) in [6.45, 7) is 1.62. The summed E-state index contributed by atoms with van der Waals surface area (Å²) < 4.78 is 6.31. The number of carbonyl (C=O) groups is 1. The highest BCUT2D eigenvalue weighted by atomic mass is 79.9. The van der Waals surface area contributed by atoms with Gasteiger partial charge in [-0.05, 0) is 39.7 Å². The normalized spacial score (nSPS) is 10.4. The maximum Gasteiger partial charge on any atom is 0.167 e. The molecule has 0 fully saturated rings. The second-order valence-corrected chi connectivity index (χ2v) is 4.38. The maximum atomic E-state index is 10.9. The molecule has 0 unspecified atom stereocenters. The minimum absolute atomic E-state index is 0.0139. The van der Waals surface area contributed by atoms with Gasteiger partial charge in [0.15, 0.2) is 5.78 Å². The molecule has 0 amide bonds. The van der Waals surface area contributed by atoms with Crippen molar-refractivity contribution in [2.24, 2.45) is 0 Å². The number of ether oxygens (including phenoxy) is 1. The zero-order chi connectivity index (χ0) is 11.5. The van der Waals surface area contributed by atoms with Gasteiger partial charge in [0.2, 0.25) is 0 Å². The predicted molar refractivity (Wildman–Crippen MR) is 67.8 cm³/mol. The van der Waals surface area contributed by atoms with Crippen molar-refractivity contribution >= 4 is 32.5 Å². The topological polar surface area (TPSA) is 26.3 Å². The van der Waals surface area contributed by atoms with E-state index in [9.17, 15) is 4.79 Å². The monoisotopic (exact) mass is 278 g/mol. The van der Waals surface area contributed by atoms with Gasteiger partial charge in [0.05, 0.1) is 4.47 Å². The molecule has 2 rings (SSSR count). The Morgan fingerprint density at radius 1 is 1.25 bits per heavy atom. The summed E-state index contributed by atoms with van der Waals surface area (Å²) in [6.07, 6.45) is 0. The van der Waals surface area contributed by atoms with Crippen LogP contribution in [0.2, 0.25) is 0 Å². The molecular weight excluding hydrogens is 268 g/mol. The van der Waals surface area contributed by atoms with Crippen molar-refractivity contribution in [1.82, 2.24) is 0 Å². The molecule has 0 radical (unpaired) electrons. The van der Waals surface area contributed by atoms with Gasteiger partial charge < -0.3 is 4.74 Å². The van der Waals surface area contributed by atoms with Crippen LogP contribution < -0.4 is 4.74 Å². The quantitative estimate of drug-likeness (QED) is 0.858. The summed E-state index contributed by atoms with van der Waals surface area (Å²) >= 11 is 3.50. The molecule has 0 atom stereocenters. The molecule has 0 aliphatic heterocycles. The highest BCUT2D eigenvalue weighted by Crippen LogP contribution is 2.32. The summed E-state index contributed by atoms with van der Waals surface area (Å²) in [7, 11) is 0. The molecule has 3 heteroatoms. The van der Waals surface area contributed by atoms with E-state index in [1.165, 1.54) is 6.92 Å². The molecule has 0 bridgehead atoms. The summed E-state index contributed by atoms with van der Waals surface area (Å²) in [4.78, 5) is 10.9. The number of halogens is 1. The van der Waals surface area contributed by atoms with Crippen LogP contribution in [-0.2, 0) is 4.79 Å². The van der Waals surface area contributed by atoms with Crippen LogP contribution in [0.1, 0.15) is 6.92 Å². The molecule has 0 saturated carbocycles. The van der Waals surface area contributed by atoms with Crippen molar-refractivity contribution in [3.63, 3.8) is 0 Å². The highest BCUT2D eigenvalue weighted by molar-refractivity contribution is 9.10. The van der Waals surface area contributed by atoms with Crippen LogP contribution in [0.15, 0.2) is 40.9 Å². The number of hydrogen-bond donors (Lipinski definition) is 0. The number of ketones is 1. The standard InChI is InChI=1S/C13H11BrO2/c1-9(15)8-16-12-7-6-10-4-2-3-5-11(10)13(12)14/h2-7H,8H2,1H3. The van der Waals surface area contributed by atoms with E-state index in [1.54, 1.807) is 0 Å². The van der Waals surface area contributed by atoms with Gasteiger partial charge >= 0.3 is 0 Å². The van der Waals surface area contributed by atoms with Crippen LogP contribution in [-0.4, -0.2) is 12.4 Å². The third-order valence-electron chi connectivity index (χ3n) is 2.26. The number of hydrogen-bond acceptors (Lipinski definition) is 2. The average molecular weight is 279 g/mol. The van der Waals surface area contributed by atoms with Gasteiger partial charge in [0.25, 0.3) is 0 Å². The van der Waals surface area contributed by atoms with Crippen LogP contribution >= 0.6 is 15.9 Å². The Hall–Kier alpha value is -1.35. The summed E-state index contributed by atoms with van der Waals surface area (Å²) in [6, 6.07) is 11.9. The Labute approximate surface area is 102 Å². The van der Waals surface area contributed by atoms with E-state index in [0.717, 1.165) is 15.2 Å². The Morgan fingerprint density at radius 3 is 2.75 bits per heavy atom. The second-order valence-electron chi connectivity index (χ2n) is 3.59. The number of Topliss-reactive ketones (excluding diaryl/α,β-unsaturated/α-hetero) is 1. The molecule has 82 valence electrons. The Morgan fingerprint density at radius 2 is 2.00 bits per heavy atom. The number of benzene rings is 2. The van der Waals surface area contributed by atoms with Crippen LogP contribution in [0, 0.1) is 0 Å². The molecular formula is C13H11BrO2. The number of rotatable bonds is 3. The first-order chi connectivity index (χ1) is 7.68. The van der Waals surface area contributed by atoms with E-state index < -0.39 is 0 Å². The Bertz CT molecular complexity index is 534. The average Bonchev–Trinajstić information content (AvgIpc) is 2.28. The Balaban J connectivity index is 2.40. The number of carbonyl (C=O) groups excluding carboxylic acids is 1. The summed E-state index contributed by atoms with van der Waals surface area (Å²) in [5, 5.41) is 2.23. The highest BCUT2D eigenvalue weighted by Gasteiger charge is 2.06. The van der Waals surface area contributed by atoms with Gasteiger partial charge in [-0.25, -0.2) is 0 Å². The van der Waals surface area contributed by atoms with Gasteiger partial charge in [0, 0.05) is 0 Å². The van der Waals surface area contributed by atoms with E-state index in [0.29, 0.717) is 5.75 Å². The molecule has 0 N–H and O–H groups in total. The number of fused-ring (bicyclic) bond motifs is 1. The predicted octanol–water partition coefficient (Wildman–Crippen LogP) is 3.57. The van der Waals surface area contributed by atoms with Gasteiger partial charge in [0.1, 0.15) is 12.4 Å². The van der Waals surface area contributed by atoms with Gasteiger partial charge in [-0.2, -0.15) is 0 Å². The molecule has 0 heterocycles. The molecule has 0 aromatic heterocycles. The van der Waals surface area contributed by atoms with Gasteiger partial charge in [-0.1, -0.05) is 30.3 Å². The minimum atomic E-state index is 0.0139. The van der Waals surface area contributed by atoms with Gasteiger partial charge in [-0.3, -0.25) is 4.79 Å². The largest absolute Gasteiger partial charge is 0.485 e. The first-order valence-corrected chi connectivity index (χ1v) is 5.77. The molecule has 2 aromatic carbocycles. The Kier molecular flexibility index (Phi) is 3.25. The SMILES string of the molecule is CC(=O)COc1ccc2ccccc2c1Br. The molecule has 0 spiro atoms. The first kappa shape index (κ1) is 11.1. The van der Waals surface area contributed by atoms with Crippen molar-refractivity contribution in [2.45, 2.75) is 6.92 Å². The van der Waals surface area contributed by atoms with Crippen molar-refractivity contribution in [1.29, 1.82) is 0 Å². The fourth-order valence-corrected chi connectivity index (χ4v) is 2.11.